The third-order valence-electron chi connectivity index (χ3n) is 4.87. The van der Waals surface area contributed by atoms with Crippen LogP contribution in [0.4, 0.5) is 4.79 Å². The van der Waals surface area contributed by atoms with Gasteiger partial charge >= 0.3 is 12.1 Å². The van der Waals surface area contributed by atoms with Gasteiger partial charge in [-0.1, -0.05) is 6.07 Å². The lowest BCUT2D eigenvalue weighted by molar-refractivity contribution is -0.00541. The normalized spacial score (nSPS) is 16.7. The van der Waals surface area contributed by atoms with Gasteiger partial charge in [-0.25, -0.2) is 9.59 Å². The van der Waals surface area contributed by atoms with Gasteiger partial charge in [0.25, 0.3) is 5.91 Å². The largest absolute Gasteiger partial charge is 0.465 e. The van der Waals surface area contributed by atoms with Crippen molar-refractivity contribution in [1.82, 2.24) is 9.80 Å². The van der Waals surface area contributed by atoms with Crippen molar-refractivity contribution in [1.29, 1.82) is 0 Å². The summed E-state index contributed by atoms with van der Waals surface area (Å²) in [6, 6.07) is 3.19. The first kappa shape index (κ1) is 20.1. The molecule has 0 bridgehead atoms. The first-order valence-electron chi connectivity index (χ1n) is 9.25. The Labute approximate surface area is 164 Å². The van der Waals surface area contributed by atoms with Crippen molar-refractivity contribution in [2.45, 2.75) is 39.5 Å². The molecule has 0 aliphatic carbocycles. The number of likely N-dealkylation sites (tertiary alicyclic amines) is 1. The van der Waals surface area contributed by atoms with Crippen molar-refractivity contribution in [2.24, 2.45) is 5.92 Å². The molecule has 0 unspecified atom stereocenters. The average Bonchev–Trinajstić information content (AvgIpc) is 2.89. The van der Waals surface area contributed by atoms with E-state index in [0.717, 1.165) is 5.56 Å². The second-order valence-electron chi connectivity index (χ2n) is 8.25. The number of benzene rings is 1. The highest BCUT2D eigenvalue weighted by Crippen LogP contribution is 2.29. The minimum absolute atomic E-state index is 0.152. The third-order valence-corrected chi connectivity index (χ3v) is 4.87. The van der Waals surface area contributed by atoms with Crippen LogP contribution in [-0.4, -0.2) is 65.2 Å². The summed E-state index contributed by atoms with van der Waals surface area (Å²) in [5, 5.41) is 9.52. The molecule has 2 aliphatic rings. The van der Waals surface area contributed by atoms with E-state index in [1.165, 1.54) is 13.2 Å². The summed E-state index contributed by atoms with van der Waals surface area (Å²) >= 11 is 0. The number of methoxy groups -OCH3 is 1. The van der Waals surface area contributed by atoms with Crippen LogP contribution in [-0.2, 0) is 22.6 Å². The van der Waals surface area contributed by atoms with Gasteiger partial charge < -0.3 is 24.4 Å². The number of ether oxygens (including phenoxy) is 2. The number of aliphatic hydroxyl groups is 1. The van der Waals surface area contributed by atoms with Gasteiger partial charge in [-0.2, -0.15) is 0 Å². The molecule has 8 heteroatoms. The molecule has 0 atom stereocenters. The van der Waals surface area contributed by atoms with Crippen LogP contribution in [0.2, 0.25) is 0 Å². The van der Waals surface area contributed by atoms with Crippen LogP contribution in [0.15, 0.2) is 12.1 Å². The van der Waals surface area contributed by atoms with Crippen LogP contribution in [0.1, 0.15) is 52.6 Å². The Hall–Kier alpha value is -2.61. The monoisotopic (exact) mass is 390 g/mol. The Bertz CT molecular complexity index is 808. The van der Waals surface area contributed by atoms with E-state index >= 15 is 0 Å². The minimum atomic E-state index is -0.579. The number of fused-ring (bicyclic) bond motifs is 1. The number of carbonyl (C=O) groups excluding carboxylic acids is 3. The molecule has 28 heavy (non-hydrogen) atoms. The van der Waals surface area contributed by atoms with Gasteiger partial charge in [0.05, 0.1) is 19.3 Å². The Morgan fingerprint density at radius 1 is 1.25 bits per heavy atom. The lowest BCUT2D eigenvalue weighted by Gasteiger charge is -2.41. The van der Waals surface area contributed by atoms with Crippen molar-refractivity contribution in [3.8, 4) is 0 Å². The Morgan fingerprint density at radius 2 is 1.93 bits per heavy atom. The quantitative estimate of drug-likeness (QED) is 0.788. The molecule has 0 spiro atoms. The van der Waals surface area contributed by atoms with Crippen LogP contribution < -0.4 is 0 Å². The Morgan fingerprint density at radius 3 is 2.50 bits per heavy atom. The molecule has 1 aromatic carbocycles. The smallest absolute Gasteiger partial charge is 0.410 e. The van der Waals surface area contributed by atoms with Gasteiger partial charge in [0.1, 0.15) is 5.60 Å². The topological polar surface area (TPSA) is 96.4 Å². The zero-order chi connectivity index (χ0) is 20.6. The highest BCUT2D eigenvalue weighted by Gasteiger charge is 2.38. The fourth-order valence-corrected chi connectivity index (χ4v) is 3.52. The summed E-state index contributed by atoms with van der Waals surface area (Å²) in [4.78, 5) is 40.0. The predicted molar refractivity (Wildman–Crippen MR) is 99.7 cm³/mol. The molecule has 2 amide bonds. The second kappa shape index (κ2) is 7.43. The van der Waals surface area contributed by atoms with E-state index in [1.807, 2.05) is 20.8 Å². The van der Waals surface area contributed by atoms with Crippen LogP contribution in [0.3, 0.4) is 0 Å². The number of esters is 1. The van der Waals surface area contributed by atoms with Crippen molar-refractivity contribution >= 4 is 18.0 Å². The lowest BCUT2D eigenvalue weighted by Crippen LogP contribution is -2.54. The number of hydrogen-bond donors (Lipinski definition) is 1. The summed E-state index contributed by atoms with van der Waals surface area (Å²) in [6.07, 6.45) is -0.338. The van der Waals surface area contributed by atoms with Crippen molar-refractivity contribution in [3.05, 3.63) is 34.4 Å². The van der Waals surface area contributed by atoms with E-state index in [9.17, 15) is 19.5 Å². The molecule has 3 rings (SSSR count). The molecule has 2 heterocycles. The molecule has 8 nitrogen and oxygen atoms in total. The number of carbonyl (C=O) groups is 3. The number of hydrogen-bond acceptors (Lipinski definition) is 6. The van der Waals surface area contributed by atoms with Crippen LogP contribution in [0.5, 0.6) is 0 Å². The Kier molecular flexibility index (Phi) is 5.34. The number of amides is 2. The van der Waals surface area contributed by atoms with E-state index in [2.05, 4.69) is 0 Å². The van der Waals surface area contributed by atoms with E-state index in [1.54, 1.807) is 15.9 Å². The molecule has 152 valence electrons. The molecular formula is C20H26N2O6. The highest BCUT2D eigenvalue weighted by atomic mass is 16.6. The molecule has 1 aromatic rings. The first-order valence-corrected chi connectivity index (χ1v) is 9.25. The van der Waals surface area contributed by atoms with Crippen molar-refractivity contribution < 1.29 is 29.0 Å². The van der Waals surface area contributed by atoms with E-state index in [-0.39, 0.29) is 30.1 Å². The lowest BCUT2D eigenvalue weighted by atomic mass is 10.00. The maximum atomic E-state index is 12.7. The Balaban J connectivity index is 1.63. The molecule has 1 saturated heterocycles. The second-order valence-corrected chi connectivity index (χ2v) is 8.25. The zero-order valence-electron chi connectivity index (χ0n) is 16.7. The first-order chi connectivity index (χ1) is 13.1. The zero-order valence-corrected chi connectivity index (χ0v) is 16.7. The molecule has 1 fully saturated rings. The minimum Gasteiger partial charge on any atom is -0.465 e. The number of rotatable bonds is 4. The van der Waals surface area contributed by atoms with Crippen LogP contribution in [0, 0.1) is 5.92 Å². The van der Waals surface area contributed by atoms with Crippen LogP contribution in [0.25, 0.3) is 0 Å². The molecular weight excluding hydrogens is 364 g/mol. The van der Waals surface area contributed by atoms with Gasteiger partial charge in [-0.3, -0.25) is 4.79 Å². The molecule has 0 aromatic heterocycles. The van der Waals surface area contributed by atoms with E-state index < -0.39 is 11.6 Å². The third kappa shape index (κ3) is 3.96. The fraction of sp³-hybridized carbons (Fsp3) is 0.550. The standard InChI is InChI=1S/C20H26N2O6/c1-20(2,3)28-19(26)22-8-12(9-22)7-21-10-13-5-14(11-23)16(18(25)27-4)6-15(13)17(21)24/h5-6,12,23H,7-11H2,1-4H3. The van der Waals surface area contributed by atoms with Gasteiger partial charge in [0.15, 0.2) is 0 Å². The van der Waals surface area contributed by atoms with E-state index in [4.69, 9.17) is 9.47 Å². The SMILES string of the molecule is COC(=O)c1cc2c(cc1CO)CN(CC1CN(C(=O)OC(C)(C)C)C1)C2=O. The van der Waals surface area contributed by atoms with Gasteiger partial charge in [0, 0.05) is 37.7 Å². The van der Waals surface area contributed by atoms with Gasteiger partial charge in [0.2, 0.25) is 0 Å². The highest BCUT2D eigenvalue weighted by molar-refractivity contribution is 6.01. The summed E-state index contributed by atoms with van der Waals surface area (Å²) in [5.74, 6) is -0.548. The van der Waals surface area contributed by atoms with Crippen molar-refractivity contribution in [2.75, 3.05) is 26.7 Å². The number of nitrogens with zero attached hydrogens (tertiary/aromatic N) is 2. The maximum absolute atomic E-state index is 12.7. The summed E-state index contributed by atoms with van der Waals surface area (Å²) in [7, 11) is 1.26. The predicted octanol–water partition coefficient (Wildman–Crippen LogP) is 1.79. The van der Waals surface area contributed by atoms with Gasteiger partial charge in [-0.15, -0.1) is 0 Å². The summed E-state index contributed by atoms with van der Waals surface area (Å²) in [6.45, 7) is 7.21. The summed E-state index contributed by atoms with van der Waals surface area (Å²) in [5.41, 5.74) is 1.36. The fourth-order valence-electron chi connectivity index (χ4n) is 3.52. The van der Waals surface area contributed by atoms with Gasteiger partial charge in [-0.05, 0) is 38.0 Å². The van der Waals surface area contributed by atoms with Crippen molar-refractivity contribution in [3.63, 3.8) is 0 Å². The average molecular weight is 390 g/mol. The van der Waals surface area contributed by atoms with Crippen LogP contribution >= 0.6 is 0 Å². The molecule has 1 N–H and O–H groups in total. The molecule has 0 saturated carbocycles. The maximum Gasteiger partial charge on any atom is 0.410 e. The number of aliphatic hydroxyl groups excluding tert-OH is 1. The van der Waals surface area contributed by atoms with E-state index in [0.29, 0.717) is 37.3 Å². The summed E-state index contributed by atoms with van der Waals surface area (Å²) < 4.78 is 10.1. The molecule has 2 aliphatic heterocycles. The molecule has 0 radical (unpaired) electrons.